The Hall–Kier alpha value is -3.04. The number of nitrogens with one attached hydrogen (secondary N) is 2. The van der Waals surface area contributed by atoms with Gasteiger partial charge in [-0.05, 0) is 18.2 Å². The Morgan fingerprint density at radius 3 is 2.20 bits per heavy atom. The molecule has 0 aromatic heterocycles. The molecule has 0 atom stereocenters. The van der Waals surface area contributed by atoms with Crippen LogP contribution in [0.25, 0.3) is 0 Å². The largest absolute Gasteiger partial charge is 0.466 e. The number of carbonyl (C=O) groups is 3. The van der Waals surface area contributed by atoms with E-state index in [1.54, 1.807) is 0 Å². The third kappa shape index (κ3) is 5.83. The molecule has 2 N–H and O–H groups in total. The van der Waals surface area contributed by atoms with E-state index in [0.717, 1.165) is 33.3 Å². The molecule has 1 rings (SSSR count). The average molecular weight is 360 g/mol. The first-order chi connectivity index (χ1) is 11.6. The Balaban J connectivity index is 3.28. The highest BCUT2D eigenvalue weighted by Crippen LogP contribution is 2.36. The maximum atomic E-state index is 13.1. The van der Waals surface area contributed by atoms with Crippen LogP contribution in [0.15, 0.2) is 30.0 Å². The van der Waals surface area contributed by atoms with Crippen LogP contribution in [-0.4, -0.2) is 32.1 Å². The minimum Gasteiger partial charge on any atom is -0.466 e. The number of hydrogen-bond donors (Lipinski definition) is 2. The SMILES string of the molecule is COC(=O)/C=C(/Nc1ccc(NC(C)=O)c(C(F)(F)F)c1)C(=O)OC. The number of halogens is 3. The zero-order chi connectivity index (χ0) is 19.2. The number of amides is 1. The summed E-state index contributed by atoms with van der Waals surface area (Å²) in [6.45, 7) is 1.07. The Morgan fingerprint density at radius 2 is 1.72 bits per heavy atom. The smallest absolute Gasteiger partial charge is 0.418 e. The lowest BCUT2D eigenvalue weighted by molar-refractivity contribution is -0.138. The van der Waals surface area contributed by atoms with Gasteiger partial charge in [0, 0.05) is 12.6 Å². The van der Waals surface area contributed by atoms with E-state index in [2.05, 4.69) is 20.1 Å². The van der Waals surface area contributed by atoms with Crippen LogP contribution in [-0.2, 0) is 30.0 Å². The average Bonchev–Trinajstić information content (AvgIpc) is 2.53. The third-order valence-corrected chi connectivity index (χ3v) is 2.78. The molecule has 0 aliphatic heterocycles. The highest BCUT2D eigenvalue weighted by molar-refractivity contribution is 5.99. The molecular weight excluding hydrogens is 345 g/mol. The molecule has 1 aromatic rings. The highest BCUT2D eigenvalue weighted by atomic mass is 19.4. The predicted octanol–water partition coefficient (Wildman–Crippen LogP) is 2.31. The van der Waals surface area contributed by atoms with Crippen LogP contribution in [0.3, 0.4) is 0 Å². The molecule has 0 heterocycles. The van der Waals surface area contributed by atoms with Gasteiger partial charge in [0.1, 0.15) is 5.70 Å². The summed E-state index contributed by atoms with van der Waals surface area (Å²) in [5, 5.41) is 4.43. The number of ether oxygens (including phenoxy) is 2. The molecule has 0 spiro atoms. The molecule has 7 nitrogen and oxygen atoms in total. The zero-order valence-electron chi connectivity index (χ0n) is 13.5. The van der Waals surface area contributed by atoms with E-state index in [1.807, 2.05) is 0 Å². The fourth-order valence-corrected chi connectivity index (χ4v) is 1.74. The van der Waals surface area contributed by atoms with E-state index >= 15 is 0 Å². The number of carbonyl (C=O) groups excluding carboxylic acids is 3. The summed E-state index contributed by atoms with van der Waals surface area (Å²) in [6.07, 6.45) is -4.02. The van der Waals surface area contributed by atoms with Crippen molar-refractivity contribution in [2.75, 3.05) is 24.9 Å². The minimum absolute atomic E-state index is 0.151. The Kier molecular flexibility index (Phi) is 6.54. The monoisotopic (exact) mass is 360 g/mol. The number of alkyl halides is 3. The molecule has 1 aromatic carbocycles. The Bertz CT molecular complexity index is 714. The maximum absolute atomic E-state index is 13.1. The zero-order valence-corrected chi connectivity index (χ0v) is 13.5. The number of hydrogen-bond acceptors (Lipinski definition) is 6. The molecule has 0 fully saturated rings. The summed E-state index contributed by atoms with van der Waals surface area (Å²) in [6, 6.07) is 2.88. The second kappa shape index (κ2) is 8.18. The topological polar surface area (TPSA) is 93.7 Å². The standard InChI is InChI=1S/C15H15F3N2O5/c1-8(21)19-11-5-4-9(6-10(11)15(16,17)18)20-12(14(23)25-3)7-13(22)24-2/h4-7,20H,1-3H3,(H,19,21)/b12-7+. The van der Waals surface area contributed by atoms with Crippen molar-refractivity contribution in [2.24, 2.45) is 0 Å². The van der Waals surface area contributed by atoms with Gasteiger partial charge in [-0.15, -0.1) is 0 Å². The van der Waals surface area contributed by atoms with Crippen LogP contribution in [0, 0.1) is 0 Å². The fourth-order valence-electron chi connectivity index (χ4n) is 1.74. The van der Waals surface area contributed by atoms with Gasteiger partial charge in [-0.1, -0.05) is 0 Å². The Morgan fingerprint density at radius 1 is 1.08 bits per heavy atom. The first-order valence-electron chi connectivity index (χ1n) is 6.72. The van der Waals surface area contributed by atoms with Gasteiger partial charge < -0.3 is 20.1 Å². The molecule has 25 heavy (non-hydrogen) atoms. The minimum atomic E-state index is -4.76. The van der Waals surface area contributed by atoms with Crippen molar-refractivity contribution < 1.29 is 37.0 Å². The fraction of sp³-hybridized carbons (Fsp3) is 0.267. The summed E-state index contributed by atoms with van der Waals surface area (Å²) in [5.74, 6) is -2.56. The normalized spacial score (nSPS) is 11.5. The summed E-state index contributed by atoms with van der Waals surface area (Å²) in [4.78, 5) is 33.9. The lowest BCUT2D eigenvalue weighted by Crippen LogP contribution is -2.17. The predicted molar refractivity (Wildman–Crippen MR) is 81.5 cm³/mol. The number of anilines is 2. The van der Waals surface area contributed by atoms with Crippen LogP contribution in [0.5, 0.6) is 0 Å². The van der Waals surface area contributed by atoms with Gasteiger partial charge in [-0.25, -0.2) is 9.59 Å². The summed E-state index contributed by atoms with van der Waals surface area (Å²) in [5.41, 5.74) is -2.14. The van der Waals surface area contributed by atoms with E-state index in [1.165, 1.54) is 6.07 Å². The molecule has 1 amide bonds. The van der Waals surface area contributed by atoms with E-state index < -0.39 is 41.0 Å². The highest BCUT2D eigenvalue weighted by Gasteiger charge is 2.34. The van der Waals surface area contributed by atoms with E-state index in [-0.39, 0.29) is 5.69 Å². The quantitative estimate of drug-likeness (QED) is 0.618. The van der Waals surface area contributed by atoms with Crippen molar-refractivity contribution in [1.82, 2.24) is 0 Å². The lowest BCUT2D eigenvalue weighted by Gasteiger charge is -2.16. The molecule has 10 heteroatoms. The van der Waals surface area contributed by atoms with Gasteiger partial charge in [0.25, 0.3) is 0 Å². The van der Waals surface area contributed by atoms with Gasteiger partial charge in [0.2, 0.25) is 5.91 Å². The number of esters is 2. The van der Waals surface area contributed by atoms with Crippen molar-refractivity contribution in [3.63, 3.8) is 0 Å². The summed E-state index contributed by atoms with van der Waals surface area (Å²) < 4.78 is 48.2. The number of methoxy groups -OCH3 is 2. The molecule has 0 aliphatic rings. The van der Waals surface area contributed by atoms with Crippen molar-refractivity contribution in [3.05, 3.63) is 35.5 Å². The van der Waals surface area contributed by atoms with Crippen LogP contribution < -0.4 is 10.6 Å². The van der Waals surface area contributed by atoms with Crippen molar-refractivity contribution in [1.29, 1.82) is 0 Å². The second-order valence-corrected chi connectivity index (χ2v) is 4.64. The van der Waals surface area contributed by atoms with Crippen molar-refractivity contribution in [3.8, 4) is 0 Å². The number of benzene rings is 1. The van der Waals surface area contributed by atoms with Gasteiger partial charge in [-0.2, -0.15) is 13.2 Å². The molecule has 0 saturated heterocycles. The van der Waals surface area contributed by atoms with E-state index in [4.69, 9.17) is 0 Å². The Labute approximate surface area is 140 Å². The molecule has 0 unspecified atom stereocenters. The van der Waals surface area contributed by atoms with Crippen molar-refractivity contribution in [2.45, 2.75) is 13.1 Å². The molecule has 0 radical (unpaired) electrons. The number of rotatable bonds is 5. The molecular formula is C15H15F3N2O5. The van der Waals surface area contributed by atoms with E-state index in [9.17, 15) is 27.6 Å². The first-order valence-corrected chi connectivity index (χ1v) is 6.72. The third-order valence-electron chi connectivity index (χ3n) is 2.78. The first kappa shape index (κ1) is 20.0. The van der Waals surface area contributed by atoms with E-state index in [0.29, 0.717) is 6.07 Å². The van der Waals surface area contributed by atoms with Gasteiger partial charge in [0.05, 0.1) is 31.5 Å². The second-order valence-electron chi connectivity index (χ2n) is 4.64. The van der Waals surface area contributed by atoms with Gasteiger partial charge in [0.15, 0.2) is 0 Å². The van der Waals surface area contributed by atoms with Gasteiger partial charge in [-0.3, -0.25) is 4.79 Å². The summed E-state index contributed by atoms with van der Waals surface area (Å²) >= 11 is 0. The van der Waals surface area contributed by atoms with Crippen LogP contribution in [0.1, 0.15) is 12.5 Å². The molecule has 0 aliphatic carbocycles. The maximum Gasteiger partial charge on any atom is 0.418 e. The molecule has 136 valence electrons. The van der Waals surface area contributed by atoms with Crippen molar-refractivity contribution >= 4 is 29.2 Å². The van der Waals surface area contributed by atoms with Gasteiger partial charge >= 0.3 is 18.1 Å². The van der Waals surface area contributed by atoms with Crippen LogP contribution >= 0.6 is 0 Å². The lowest BCUT2D eigenvalue weighted by atomic mass is 10.1. The summed E-state index contributed by atoms with van der Waals surface area (Å²) in [7, 11) is 2.11. The van der Waals surface area contributed by atoms with Crippen LogP contribution in [0.2, 0.25) is 0 Å². The van der Waals surface area contributed by atoms with Crippen LogP contribution in [0.4, 0.5) is 24.5 Å². The molecule has 0 bridgehead atoms. The molecule has 0 saturated carbocycles.